The van der Waals surface area contributed by atoms with Crippen LogP contribution in [0.5, 0.6) is 0 Å². The smallest absolute Gasteiger partial charge is 0.186 e. The maximum Gasteiger partial charge on any atom is 0.186 e. The van der Waals surface area contributed by atoms with Crippen molar-refractivity contribution in [3.05, 3.63) is 0 Å². The van der Waals surface area contributed by atoms with Gasteiger partial charge in [0.2, 0.25) is 0 Å². The van der Waals surface area contributed by atoms with E-state index in [4.69, 9.17) is 40.9 Å². The molecule has 0 spiro atoms. The van der Waals surface area contributed by atoms with Gasteiger partial charge in [-0.1, -0.05) is 0 Å². The van der Waals surface area contributed by atoms with E-state index in [-0.39, 0.29) is 30.7 Å². The van der Waals surface area contributed by atoms with Crippen molar-refractivity contribution in [2.45, 2.75) is 38.5 Å². The van der Waals surface area contributed by atoms with Crippen LogP contribution in [0.3, 0.4) is 0 Å². The van der Waals surface area contributed by atoms with E-state index in [1.54, 1.807) is 0 Å². The lowest BCUT2D eigenvalue weighted by Crippen LogP contribution is -2.37. The molecule has 26 heteroatoms. The van der Waals surface area contributed by atoms with Crippen LogP contribution in [0.25, 0.3) is 0 Å². The van der Waals surface area contributed by atoms with E-state index in [0.717, 1.165) is 0 Å². The molecule has 0 bridgehead atoms. The Hall–Kier alpha value is 1.90. The molecule has 0 rings (SSSR count). The molecule has 328 valence electrons. The molecule has 54 heavy (non-hydrogen) atoms. The van der Waals surface area contributed by atoms with Crippen LogP contribution < -0.4 is 0 Å². The molecule has 0 aromatic carbocycles. The van der Waals surface area contributed by atoms with Gasteiger partial charge >= 0.3 is 0 Å². The van der Waals surface area contributed by atoms with Gasteiger partial charge in [0, 0.05) is 38.5 Å². The average Bonchev–Trinajstić information content (AvgIpc) is 3.09. The summed E-state index contributed by atoms with van der Waals surface area (Å²) in [5, 5.41) is 67.4. The molecule has 8 N–H and O–H groups in total. The van der Waals surface area contributed by atoms with E-state index in [9.17, 15) is 28.8 Å². The lowest BCUT2D eigenvalue weighted by atomic mass is 9.93. The van der Waals surface area contributed by atoms with Gasteiger partial charge in [-0.3, -0.25) is 28.8 Å². The minimum Gasteiger partial charge on any atom is -0.396 e. The molecule has 0 heterocycles. The van der Waals surface area contributed by atoms with Crippen LogP contribution in [0, 0.1) is 10.8 Å². The van der Waals surface area contributed by atoms with Crippen molar-refractivity contribution in [1.82, 2.24) is 0 Å². The fourth-order valence-corrected chi connectivity index (χ4v) is 4.12. The number of thiol groups is 12. The van der Waals surface area contributed by atoms with Crippen LogP contribution in [0.15, 0.2) is 0 Å². The maximum atomic E-state index is 9.86. The van der Waals surface area contributed by atoms with Crippen LogP contribution in [-0.4, -0.2) is 159 Å². The average molecular weight is 1010 g/mol. The Morgan fingerprint density at radius 1 is 0.278 bits per heavy atom. The van der Waals surface area contributed by atoms with Crippen LogP contribution in [0.2, 0.25) is 0 Å². The van der Waals surface area contributed by atoms with Crippen molar-refractivity contribution in [3.63, 3.8) is 0 Å². The quantitative estimate of drug-likeness (QED) is 0.0740. The Morgan fingerprint density at radius 3 is 0.370 bits per heavy atom. The second kappa shape index (κ2) is 59.2. The molecule has 0 atom stereocenters. The highest BCUT2D eigenvalue weighted by Crippen LogP contribution is 2.12. The first-order valence-corrected chi connectivity index (χ1v) is 21.4. The molecule has 0 fully saturated rings. The molecule has 0 aliphatic carbocycles. The van der Waals surface area contributed by atoms with Crippen LogP contribution in [-0.2, 0) is 28.8 Å². The van der Waals surface area contributed by atoms with Crippen molar-refractivity contribution in [1.29, 1.82) is 0 Å². The summed E-state index contributed by atoms with van der Waals surface area (Å²) in [6.45, 7) is -3.25. The van der Waals surface area contributed by atoms with Crippen LogP contribution in [0.1, 0.15) is 38.5 Å². The summed E-state index contributed by atoms with van der Waals surface area (Å²) in [7, 11) is 0. The van der Waals surface area contributed by atoms with Gasteiger partial charge in [-0.2, -0.15) is 75.8 Å². The molecule has 0 saturated carbocycles. The lowest BCUT2D eigenvalue weighted by Gasteiger charge is -2.23. The van der Waals surface area contributed by atoms with Crippen LogP contribution >= 0.6 is 152 Å². The van der Waals surface area contributed by atoms with Gasteiger partial charge in [-0.05, 0) is 34.5 Å². The molecule has 0 aromatic heterocycles. The SMILES string of the molecule is O=C(S)CCS.O=C(S)CCS.O=C(S)CCS.O=C(S)CCS.O=C(S)CCS.O=C(S)CCS.OCC(CO)(CO)CO.OCC(CO)(CO)CO. The van der Waals surface area contributed by atoms with Gasteiger partial charge in [0.05, 0.1) is 63.7 Å². The predicted octanol–water partition coefficient (Wildman–Crippen LogP) is 0.460. The molecule has 0 aliphatic heterocycles. The van der Waals surface area contributed by atoms with Crippen molar-refractivity contribution in [2.24, 2.45) is 10.8 Å². The number of hydrogen-bond acceptors (Lipinski definition) is 20. The highest BCUT2D eigenvalue weighted by atomic mass is 32.1. The summed E-state index contributed by atoms with van der Waals surface area (Å²) < 4.78 is 0. The fraction of sp³-hybridized carbons (Fsp3) is 0.786. The van der Waals surface area contributed by atoms with E-state index in [0.29, 0.717) is 73.0 Å². The monoisotopic (exact) mass is 1000 g/mol. The minimum atomic E-state index is -1.11. The summed E-state index contributed by atoms with van der Waals surface area (Å²) in [5.41, 5.74) is -2.22. The number of carbonyl (C=O) groups is 6. The molecule has 0 radical (unpaired) electrons. The lowest BCUT2D eigenvalue weighted by molar-refractivity contribution is -0.111. The molecule has 0 saturated heterocycles. The Bertz CT molecular complexity index is 693. The zero-order chi connectivity index (χ0) is 44.6. The fourth-order valence-electron chi connectivity index (χ4n) is 1.17. The molecule has 0 unspecified atom stereocenters. The van der Waals surface area contributed by atoms with Gasteiger partial charge in [-0.15, -0.1) is 75.8 Å². The maximum absolute atomic E-state index is 9.86. The number of aliphatic hydroxyl groups excluding tert-OH is 8. The topological polar surface area (TPSA) is 264 Å². The highest BCUT2D eigenvalue weighted by Gasteiger charge is 2.27. The van der Waals surface area contributed by atoms with Crippen molar-refractivity contribution in [2.75, 3.05) is 87.4 Å². The summed E-state index contributed by atoms with van der Waals surface area (Å²) in [6, 6.07) is 0. The number of carbonyl (C=O) groups excluding carboxylic acids is 6. The molecular weight excluding hydrogens is 945 g/mol. The van der Waals surface area contributed by atoms with Crippen molar-refractivity contribution < 1.29 is 69.6 Å². The molecule has 0 amide bonds. The minimum absolute atomic E-state index is 0.0926. The Morgan fingerprint density at radius 2 is 0.370 bits per heavy atom. The normalized spacial score (nSPS) is 9.56. The third-order valence-electron chi connectivity index (χ3n) is 4.64. The van der Waals surface area contributed by atoms with Gasteiger partial charge in [0.25, 0.3) is 0 Å². The summed E-state index contributed by atoms with van der Waals surface area (Å²) in [5.74, 6) is 3.60. The Balaban J connectivity index is -0.0000000752. The van der Waals surface area contributed by atoms with Crippen molar-refractivity contribution >= 4 is 182 Å². The van der Waals surface area contributed by atoms with Crippen molar-refractivity contribution in [3.8, 4) is 0 Å². The largest absolute Gasteiger partial charge is 0.396 e. The first-order chi connectivity index (χ1) is 25.1. The number of aliphatic hydroxyl groups is 8. The summed E-state index contributed by atoms with van der Waals surface area (Å²) >= 11 is 43.7. The van der Waals surface area contributed by atoms with E-state index >= 15 is 0 Å². The first-order valence-electron chi connectivity index (χ1n) is 14.9. The first kappa shape index (κ1) is 73.4. The number of rotatable bonds is 20. The molecule has 0 aliphatic rings. The summed E-state index contributed by atoms with van der Waals surface area (Å²) in [6.07, 6.45) is 2.79. The predicted molar refractivity (Wildman–Crippen MR) is 256 cm³/mol. The summed E-state index contributed by atoms with van der Waals surface area (Å²) in [4.78, 5) is 59.2. The van der Waals surface area contributed by atoms with E-state index in [1.165, 1.54) is 0 Å². The Kier molecular flexibility index (Phi) is 80.5. The van der Waals surface area contributed by atoms with E-state index in [1.807, 2.05) is 0 Å². The second-order valence-corrected chi connectivity index (χ2v) is 15.1. The second-order valence-electron chi connectivity index (χ2n) is 9.47. The third kappa shape index (κ3) is 78.3. The zero-order valence-electron chi connectivity index (χ0n) is 29.5. The van der Waals surface area contributed by atoms with E-state index in [2.05, 4.69) is 152 Å². The van der Waals surface area contributed by atoms with Gasteiger partial charge < -0.3 is 40.9 Å². The zero-order valence-corrected chi connectivity index (χ0v) is 40.3. The Labute approximate surface area is 385 Å². The third-order valence-corrected chi connectivity index (χ3v) is 7.32. The van der Waals surface area contributed by atoms with E-state index < -0.39 is 63.7 Å². The number of hydrogen-bond donors (Lipinski definition) is 20. The standard InChI is InChI=1S/2C5H12O4.6C3H6OS2/c2*6-1-5(2-7,3-8)4-9;6*4-3(6)1-2-5/h2*6-9H,1-4H2;6*5H,1-2H2,(H,4,6). The highest BCUT2D eigenvalue weighted by molar-refractivity contribution is 7.97. The molecule has 0 aromatic rings. The molecular formula is C28H60O14S12. The van der Waals surface area contributed by atoms with Gasteiger partial charge in [-0.25, -0.2) is 0 Å². The van der Waals surface area contributed by atoms with Gasteiger partial charge in [0.15, 0.2) is 30.7 Å². The molecule has 14 nitrogen and oxygen atoms in total. The van der Waals surface area contributed by atoms with Crippen LogP contribution in [0.4, 0.5) is 0 Å². The van der Waals surface area contributed by atoms with Gasteiger partial charge in [0.1, 0.15) is 0 Å².